The van der Waals surface area contributed by atoms with E-state index in [1.165, 1.54) is 0 Å². The van der Waals surface area contributed by atoms with Gasteiger partial charge in [0.2, 0.25) is 11.8 Å². The Labute approximate surface area is 158 Å². The third-order valence-electron chi connectivity index (χ3n) is 4.90. The third kappa shape index (κ3) is 3.71. The average Bonchev–Trinajstić information content (AvgIpc) is 3.13. The van der Waals surface area contributed by atoms with E-state index in [0.29, 0.717) is 34.8 Å². The number of hydrogen-bond acceptors (Lipinski definition) is 7. The van der Waals surface area contributed by atoms with Gasteiger partial charge in [0.1, 0.15) is 11.6 Å². The molecule has 1 fully saturated rings. The molecule has 27 heavy (non-hydrogen) atoms. The van der Waals surface area contributed by atoms with E-state index in [1.807, 2.05) is 31.2 Å². The Hall–Kier alpha value is -3.11. The van der Waals surface area contributed by atoms with Crippen LogP contribution in [-0.4, -0.2) is 29.6 Å². The number of fused-ring (bicyclic) bond motifs is 1. The summed E-state index contributed by atoms with van der Waals surface area (Å²) in [6, 6.07) is 9.83. The summed E-state index contributed by atoms with van der Waals surface area (Å²) in [5.41, 5.74) is 2.62. The number of hydrogen-bond donors (Lipinski definition) is 3. The van der Waals surface area contributed by atoms with E-state index in [2.05, 4.69) is 32.0 Å². The molecule has 0 unspecified atom stereocenters. The maximum Gasteiger partial charge on any atom is 0.223 e. The van der Waals surface area contributed by atoms with Crippen molar-refractivity contribution in [3.05, 3.63) is 47.6 Å². The minimum atomic E-state index is 0.371. The molecule has 2 aromatic rings. The van der Waals surface area contributed by atoms with Crippen molar-refractivity contribution in [2.24, 2.45) is 5.92 Å². The van der Waals surface area contributed by atoms with E-state index in [0.717, 1.165) is 43.7 Å². The fraction of sp³-hybridized carbons (Fsp3) is 0.350. The van der Waals surface area contributed by atoms with Gasteiger partial charge in [0, 0.05) is 12.7 Å². The number of ether oxygens (including phenoxy) is 1. The fourth-order valence-corrected chi connectivity index (χ4v) is 3.34. The van der Waals surface area contributed by atoms with E-state index < -0.39 is 0 Å². The van der Waals surface area contributed by atoms with Gasteiger partial charge in [0.15, 0.2) is 5.75 Å². The molecule has 138 valence electrons. The van der Waals surface area contributed by atoms with Gasteiger partial charge in [-0.3, -0.25) is 0 Å². The fourth-order valence-electron chi connectivity index (χ4n) is 3.34. The second kappa shape index (κ2) is 7.64. The summed E-state index contributed by atoms with van der Waals surface area (Å²) in [5, 5.41) is 19.6. The van der Waals surface area contributed by atoms with Crippen molar-refractivity contribution in [3.63, 3.8) is 0 Å². The highest BCUT2D eigenvalue weighted by Crippen LogP contribution is 2.35. The monoisotopic (exact) mass is 362 g/mol. The molecular weight excluding hydrogens is 340 g/mol. The van der Waals surface area contributed by atoms with Crippen molar-refractivity contribution in [1.82, 2.24) is 15.3 Å². The molecule has 1 aromatic carbocycles. The van der Waals surface area contributed by atoms with Crippen LogP contribution in [-0.2, 0) is 0 Å². The van der Waals surface area contributed by atoms with E-state index in [4.69, 9.17) is 4.74 Å². The summed E-state index contributed by atoms with van der Waals surface area (Å²) in [6.07, 6.45) is 4.04. The van der Waals surface area contributed by atoms with Crippen LogP contribution in [0.25, 0.3) is 5.57 Å². The van der Waals surface area contributed by atoms with Gasteiger partial charge in [-0.1, -0.05) is 12.1 Å². The van der Waals surface area contributed by atoms with Crippen LogP contribution in [0.3, 0.4) is 0 Å². The SMILES string of the molecule is Cc1cnc(NCC2CCNCC2)nc1/C(C#N)=C1/Nc2ccccc2O1. The number of aromatic nitrogens is 2. The molecule has 1 aromatic heterocycles. The number of nitrogens with one attached hydrogen (secondary N) is 3. The van der Waals surface area contributed by atoms with Crippen LogP contribution < -0.4 is 20.7 Å². The highest BCUT2D eigenvalue weighted by atomic mass is 16.5. The van der Waals surface area contributed by atoms with Crippen molar-refractivity contribution < 1.29 is 4.74 Å². The Morgan fingerprint density at radius 2 is 2.15 bits per heavy atom. The lowest BCUT2D eigenvalue weighted by molar-refractivity contribution is 0.389. The highest BCUT2D eigenvalue weighted by Gasteiger charge is 2.23. The Morgan fingerprint density at radius 1 is 1.33 bits per heavy atom. The largest absolute Gasteiger partial charge is 0.437 e. The first kappa shape index (κ1) is 17.3. The van der Waals surface area contributed by atoms with Crippen LogP contribution in [0.4, 0.5) is 11.6 Å². The highest BCUT2D eigenvalue weighted by molar-refractivity contribution is 5.83. The van der Waals surface area contributed by atoms with Crippen molar-refractivity contribution in [2.45, 2.75) is 19.8 Å². The second-order valence-corrected chi connectivity index (χ2v) is 6.84. The predicted molar refractivity (Wildman–Crippen MR) is 104 cm³/mol. The zero-order valence-electron chi connectivity index (χ0n) is 15.2. The molecule has 1 saturated heterocycles. The van der Waals surface area contributed by atoms with Crippen LogP contribution >= 0.6 is 0 Å². The number of rotatable bonds is 4. The molecule has 0 spiro atoms. The van der Waals surface area contributed by atoms with Crippen molar-refractivity contribution in [2.75, 3.05) is 30.3 Å². The first-order chi connectivity index (χ1) is 13.2. The Balaban J connectivity index is 1.57. The summed E-state index contributed by atoms with van der Waals surface area (Å²) in [7, 11) is 0. The summed E-state index contributed by atoms with van der Waals surface area (Å²) in [4.78, 5) is 8.97. The number of allylic oxidation sites excluding steroid dienone is 1. The lowest BCUT2D eigenvalue weighted by Crippen LogP contribution is -2.31. The quantitative estimate of drug-likeness (QED) is 0.720. The molecule has 0 bridgehead atoms. The van der Waals surface area contributed by atoms with Gasteiger partial charge >= 0.3 is 0 Å². The average molecular weight is 362 g/mol. The molecule has 2 aliphatic heterocycles. The maximum atomic E-state index is 9.75. The molecule has 0 amide bonds. The summed E-state index contributed by atoms with van der Waals surface area (Å²) >= 11 is 0. The standard InChI is InChI=1S/C20H22N6O/c1-13-11-23-20(24-12-14-6-8-22-9-7-14)26-18(13)15(10-21)19-25-16-4-2-3-5-17(16)27-19/h2-5,11,14,22,25H,6-9,12H2,1H3,(H,23,24,26)/b19-15-. The van der Waals surface area contributed by atoms with Crippen LogP contribution in [0.2, 0.25) is 0 Å². The molecule has 4 rings (SSSR count). The number of aryl methyl sites for hydroxylation is 1. The molecule has 3 heterocycles. The van der Waals surface area contributed by atoms with Crippen molar-refractivity contribution in [3.8, 4) is 11.8 Å². The van der Waals surface area contributed by atoms with Crippen LogP contribution in [0.1, 0.15) is 24.1 Å². The molecule has 0 aliphatic carbocycles. The van der Waals surface area contributed by atoms with E-state index in [9.17, 15) is 5.26 Å². The smallest absolute Gasteiger partial charge is 0.223 e. The third-order valence-corrected chi connectivity index (χ3v) is 4.90. The number of piperidine rings is 1. The Morgan fingerprint density at radius 3 is 2.93 bits per heavy atom. The molecule has 0 saturated carbocycles. The van der Waals surface area contributed by atoms with E-state index in [-0.39, 0.29) is 0 Å². The minimum absolute atomic E-state index is 0.371. The molecular formula is C20H22N6O. The first-order valence-electron chi connectivity index (χ1n) is 9.21. The number of nitriles is 1. The molecule has 7 nitrogen and oxygen atoms in total. The Bertz CT molecular complexity index is 884. The van der Waals surface area contributed by atoms with E-state index >= 15 is 0 Å². The van der Waals surface area contributed by atoms with Crippen LogP contribution in [0, 0.1) is 24.2 Å². The number of para-hydroxylation sites is 2. The molecule has 7 heteroatoms. The van der Waals surface area contributed by atoms with Gasteiger partial charge < -0.3 is 20.7 Å². The maximum absolute atomic E-state index is 9.75. The first-order valence-corrected chi connectivity index (χ1v) is 9.21. The summed E-state index contributed by atoms with van der Waals surface area (Å²) < 4.78 is 5.82. The van der Waals surface area contributed by atoms with Crippen molar-refractivity contribution in [1.29, 1.82) is 5.26 Å². The van der Waals surface area contributed by atoms with Gasteiger partial charge in [0.05, 0.1) is 11.4 Å². The molecule has 0 atom stereocenters. The van der Waals surface area contributed by atoms with Crippen LogP contribution in [0.5, 0.6) is 5.75 Å². The lowest BCUT2D eigenvalue weighted by atomic mass is 9.98. The van der Waals surface area contributed by atoms with Gasteiger partial charge in [0.25, 0.3) is 0 Å². The number of benzene rings is 1. The topological polar surface area (TPSA) is 94.9 Å². The van der Waals surface area contributed by atoms with Crippen LogP contribution in [0.15, 0.2) is 36.3 Å². The molecule has 0 radical (unpaired) electrons. The van der Waals surface area contributed by atoms with Gasteiger partial charge in [-0.2, -0.15) is 5.26 Å². The normalized spacial score (nSPS) is 18.1. The number of anilines is 2. The molecule has 3 N–H and O–H groups in total. The zero-order chi connectivity index (χ0) is 18.6. The number of nitrogens with zero attached hydrogens (tertiary/aromatic N) is 3. The predicted octanol–water partition coefficient (Wildman–Crippen LogP) is 2.89. The van der Waals surface area contributed by atoms with Gasteiger partial charge in [-0.25, -0.2) is 9.97 Å². The summed E-state index contributed by atoms with van der Waals surface area (Å²) in [5.74, 6) is 2.27. The van der Waals surface area contributed by atoms with Crippen molar-refractivity contribution >= 4 is 17.2 Å². The Kier molecular flexibility index (Phi) is 4.90. The van der Waals surface area contributed by atoms with E-state index in [1.54, 1.807) is 6.20 Å². The minimum Gasteiger partial charge on any atom is -0.437 e. The summed E-state index contributed by atoms with van der Waals surface area (Å²) in [6.45, 7) is 4.84. The van der Waals surface area contributed by atoms with Gasteiger partial charge in [-0.05, 0) is 56.5 Å². The lowest BCUT2D eigenvalue weighted by Gasteiger charge is -2.22. The second-order valence-electron chi connectivity index (χ2n) is 6.84. The molecule has 2 aliphatic rings. The van der Waals surface area contributed by atoms with Gasteiger partial charge in [-0.15, -0.1) is 0 Å². The zero-order valence-corrected chi connectivity index (χ0v) is 15.2.